The average Bonchev–Trinajstić information content (AvgIpc) is 2.71. The van der Waals surface area contributed by atoms with Crippen LogP contribution < -0.4 is 20.1 Å². The summed E-state index contributed by atoms with van der Waals surface area (Å²) >= 11 is 0. The topological polar surface area (TPSA) is 75.2 Å². The number of guanidine groups is 1. The lowest BCUT2D eigenvalue weighted by atomic mass is 9.98. The van der Waals surface area contributed by atoms with Crippen LogP contribution in [0.25, 0.3) is 0 Å². The van der Waals surface area contributed by atoms with E-state index >= 15 is 0 Å². The summed E-state index contributed by atoms with van der Waals surface area (Å²) in [5.41, 5.74) is 2.34. The Hall–Kier alpha value is -1.97. The molecule has 0 bridgehead atoms. The van der Waals surface area contributed by atoms with Gasteiger partial charge in [0.2, 0.25) is 5.91 Å². The van der Waals surface area contributed by atoms with E-state index in [9.17, 15) is 4.79 Å². The van der Waals surface area contributed by atoms with Crippen molar-refractivity contribution in [2.24, 2.45) is 4.99 Å². The average molecular weight is 502 g/mol. The first-order chi connectivity index (χ1) is 13.1. The SMILES string of the molecule is C=CCNC(=NC)NCCCC(=O)N1CCc2cc(OC)c(OC)cc2C1.I. The van der Waals surface area contributed by atoms with Crippen molar-refractivity contribution in [3.05, 3.63) is 35.9 Å². The third kappa shape index (κ3) is 6.57. The third-order valence-electron chi connectivity index (χ3n) is 4.57. The zero-order valence-electron chi connectivity index (χ0n) is 16.9. The molecule has 0 unspecified atom stereocenters. The Morgan fingerprint density at radius 1 is 1.25 bits per heavy atom. The number of carbonyl (C=O) groups is 1. The quantitative estimate of drug-likeness (QED) is 0.188. The normalized spacial score (nSPS) is 13.1. The first-order valence-corrected chi connectivity index (χ1v) is 9.19. The largest absolute Gasteiger partial charge is 0.493 e. The molecule has 1 aliphatic heterocycles. The fourth-order valence-corrected chi connectivity index (χ4v) is 3.09. The smallest absolute Gasteiger partial charge is 0.222 e. The van der Waals surface area contributed by atoms with E-state index in [0.29, 0.717) is 31.8 Å². The van der Waals surface area contributed by atoms with Crippen molar-refractivity contribution in [3.63, 3.8) is 0 Å². The number of rotatable bonds is 8. The first-order valence-electron chi connectivity index (χ1n) is 9.19. The maximum absolute atomic E-state index is 12.6. The number of nitrogens with zero attached hydrogens (tertiary/aromatic N) is 2. The highest BCUT2D eigenvalue weighted by molar-refractivity contribution is 14.0. The number of hydrogen-bond acceptors (Lipinski definition) is 4. The number of methoxy groups -OCH3 is 2. The first kappa shape index (κ1) is 24.1. The molecular weight excluding hydrogens is 471 g/mol. The Morgan fingerprint density at radius 2 is 1.93 bits per heavy atom. The predicted octanol–water partition coefficient (Wildman–Crippen LogP) is 2.34. The maximum Gasteiger partial charge on any atom is 0.222 e. The van der Waals surface area contributed by atoms with Gasteiger partial charge in [-0.05, 0) is 36.1 Å². The Morgan fingerprint density at radius 3 is 2.54 bits per heavy atom. The van der Waals surface area contributed by atoms with Crippen LogP contribution in [-0.4, -0.2) is 57.7 Å². The summed E-state index contributed by atoms with van der Waals surface area (Å²) in [7, 11) is 4.98. The van der Waals surface area contributed by atoms with Crippen molar-refractivity contribution < 1.29 is 14.3 Å². The molecule has 0 fully saturated rings. The Kier molecular flexibility index (Phi) is 10.7. The van der Waals surface area contributed by atoms with Crippen LogP contribution in [0.1, 0.15) is 24.0 Å². The molecule has 7 nitrogen and oxygen atoms in total. The fourth-order valence-electron chi connectivity index (χ4n) is 3.09. The van der Waals surface area contributed by atoms with Gasteiger partial charge in [0.1, 0.15) is 0 Å². The van der Waals surface area contributed by atoms with E-state index in [1.54, 1.807) is 27.3 Å². The summed E-state index contributed by atoms with van der Waals surface area (Å²) in [6, 6.07) is 3.99. The van der Waals surface area contributed by atoms with Crippen LogP contribution in [0.2, 0.25) is 0 Å². The van der Waals surface area contributed by atoms with E-state index in [1.807, 2.05) is 17.0 Å². The molecule has 0 atom stereocenters. The molecule has 28 heavy (non-hydrogen) atoms. The van der Waals surface area contributed by atoms with Gasteiger partial charge >= 0.3 is 0 Å². The Balaban J connectivity index is 0.00000392. The number of nitrogens with one attached hydrogen (secondary N) is 2. The molecule has 0 saturated carbocycles. The van der Waals surface area contributed by atoms with E-state index < -0.39 is 0 Å². The zero-order chi connectivity index (χ0) is 19.6. The second-order valence-electron chi connectivity index (χ2n) is 6.31. The highest BCUT2D eigenvalue weighted by Crippen LogP contribution is 2.33. The summed E-state index contributed by atoms with van der Waals surface area (Å²) in [5.74, 6) is 2.33. The number of fused-ring (bicyclic) bond motifs is 1. The summed E-state index contributed by atoms with van der Waals surface area (Å²) in [5, 5.41) is 6.30. The lowest BCUT2D eigenvalue weighted by molar-refractivity contribution is -0.132. The van der Waals surface area contributed by atoms with Crippen molar-refractivity contribution in [3.8, 4) is 11.5 Å². The molecule has 0 aliphatic carbocycles. The molecular formula is C20H31IN4O3. The van der Waals surface area contributed by atoms with Gasteiger partial charge in [-0.15, -0.1) is 30.6 Å². The summed E-state index contributed by atoms with van der Waals surface area (Å²) in [6.07, 6.45) is 3.87. The summed E-state index contributed by atoms with van der Waals surface area (Å²) < 4.78 is 10.7. The number of halogens is 1. The number of hydrogen-bond donors (Lipinski definition) is 2. The zero-order valence-corrected chi connectivity index (χ0v) is 19.2. The maximum atomic E-state index is 12.6. The second-order valence-corrected chi connectivity index (χ2v) is 6.31. The minimum atomic E-state index is 0. The number of ether oxygens (including phenoxy) is 2. The van der Waals surface area contributed by atoms with E-state index in [0.717, 1.165) is 36.7 Å². The molecule has 1 aromatic rings. The minimum Gasteiger partial charge on any atom is -0.493 e. The van der Waals surface area contributed by atoms with Crippen molar-refractivity contribution in [1.82, 2.24) is 15.5 Å². The van der Waals surface area contributed by atoms with Gasteiger partial charge in [0.25, 0.3) is 0 Å². The number of aliphatic imine (C=N–C) groups is 1. The Bertz CT molecular complexity index is 694. The fraction of sp³-hybridized carbons (Fsp3) is 0.500. The van der Waals surface area contributed by atoms with Gasteiger partial charge in [0.15, 0.2) is 17.5 Å². The van der Waals surface area contributed by atoms with Crippen LogP contribution >= 0.6 is 24.0 Å². The van der Waals surface area contributed by atoms with Crippen LogP contribution in [0.15, 0.2) is 29.8 Å². The predicted molar refractivity (Wildman–Crippen MR) is 123 cm³/mol. The van der Waals surface area contributed by atoms with Gasteiger partial charge in [-0.1, -0.05) is 6.08 Å². The summed E-state index contributed by atoms with van der Waals surface area (Å²) in [6.45, 7) is 6.36. The van der Waals surface area contributed by atoms with E-state index in [4.69, 9.17) is 9.47 Å². The molecule has 1 heterocycles. The molecule has 1 amide bonds. The van der Waals surface area contributed by atoms with E-state index in [-0.39, 0.29) is 29.9 Å². The van der Waals surface area contributed by atoms with Gasteiger partial charge < -0.3 is 25.0 Å². The molecule has 0 saturated heterocycles. The second kappa shape index (κ2) is 12.5. The van der Waals surface area contributed by atoms with E-state index in [2.05, 4.69) is 22.2 Å². The number of amides is 1. The molecule has 2 N–H and O–H groups in total. The number of carbonyl (C=O) groups excluding carboxylic acids is 1. The lowest BCUT2D eigenvalue weighted by Gasteiger charge is -2.29. The molecule has 156 valence electrons. The molecule has 1 aliphatic rings. The van der Waals surface area contributed by atoms with Gasteiger partial charge in [-0.3, -0.25) is 9.79 Å². The molecule has 0 spiro atoms. The van der Waals surface area contributed by atoms with Crippen LogP contribution in [-0.2, 0) is 17.8 Å². The molecule has 0 aromatic heterocycles. The molecule has 2 rings (SSSR count). The van der Waals surface area contributed by atoms with Gasteiger partial charge in [0, 0.05) is 39.6 Å². The van der Waals surface area contributed by atoms with Gasteiger partial charge in [0.05, 0.1) is 14.2 Å². The van der Waals surface area contributed by atoms with Crippen molar-refractivity contribution in [2.45, 2.75) is 25.8 Å². The third-order valence-corrected chi connectivity index (χ3v) is 4.57. The summed E-state index contributed by atoms with van der Waals surface area (Å²) in [4.78, 5) is 18.6. The monoisotopic (exact) mass is 502 g/mol. The highest BCUT2D eigenvalue weighted by Gasteiger charge is 2.22. The van der Waals surface area contributed by atoms with E-state index in [1.165, 1.54) is 5.56 Å². The lowest BCUT2D eigenvalue weighted by Crippen LogP contribution is -2.39. The van der Waals surface area contributed by atoms with Crippen molar-refractivity contribution in [2.75, 3.05) is 40.9 Å². The minimum absolute atomic E-state index is 0. The van der Waals surface area contributed by atoms with Crippen LogP contribution in [0.4, 0.5) is 0 Å². The highest BCUT2D eigenvalue weighted by atomic mass is 127. The number of benzene rings is 1. The standard InChI is InChI=1S/C20H30N4O3.HI/c1-5-9-22-20(21-2)23-10-6-7-19(25)24-11-8-15-12-17(26-3)18(27-4)13-16(15)14-24;/h5,12-13H,1,6-11,14H2,2-4H3,(H2,21,22,23);1H. The van der Waals surface area contributed by atoms with Crippen LogP contribution in [0, 0.1) is 0 Å². The van der Waals surface area contributed by atoms with Gasteiger partial charge in [-0.2, -0.15) is 0 Å². The van der Waals surface area contributed by atoms with Gasteiger partial charge in [-0.25, -0.2) is 0 Å². The van der Waals surface area contributed by atoms with Crippen molar-refractivity contribution >= 4 is 35.8 Å². The van der Waals surface area contributed by atoms with Crippen LogP contribution in [0.5, 0.6) is 11.5 Å². The Labute approximate surface area is 184 Å². The molecule has 8 heteroatoms. The molecule has 0 radical (unpaired) electrons. The molecule has 1 aromatic carbocycles. The van der Waals surface area contributed by atoms with Crippen molar-refractivity contribution in [1.29, 1.82) is 0 Å². The van der Waals surface area contributed by atoms with Crippen LogP contribution in [0.3, 0.4) is 0 Å².